The number of anilines is 1. The summed E-state index contributed by atoms with van der Waals surface area (Å²) in [7, 11) is 0. The predicted molar refractivity (Wildman–Crippen MR) is 55.6 cm³/mol. The molecule has 0 atom stereocenters. The Labute approximate surface area is 92.1 Å². The molecule has 7 nitrogen and oxygen atoms in total. The van der Waals surface area contributed by atoms with Crippen molar-refractivity contribution in [3.05, 3.63) is 23.7 Å². The summed E-state index contributed by atoms with van der Waals surface area (Å²) < 4.78 is 10.5. The third-order valence-electron chi connectivity index (χ3n) is 1.89. The zero-order valence-electron chi connectivity index (χ0n) is 8.93. The van der Waals surface area contributed by atoms with Crippen molar-refractivity contribution < 1.29 is 8.83 Å². The fourth-order valence-electron chi connectivity index (χ4n) is 1.18. The monoisotopic (exact) mass is 223 g/mol. The molecule has 0 amide bonds. The minimum absolute atomic E-state index is 0.347. The van der Waals surface area contributed by atoms with Gasteiger partial charge in [-0.2, -0.15) is 0 Å². The van der Waals surface area contributed by atoms with Crippen LogP contribution in [0, 0.1) is 6.92 Å². The molecule has 0 aromatic carbocycles. The van der Waals surface area contributed by atoms with Gasteiger partial charge in [-0.3, -0.25) is 0 Å². The Balaban J connectivity index is 1.89. The molecule has 0 aliphatic rings. The van der Waals surface area contributed by atoms with Crippen LogP contribution in [0.4, 0.5) is 6.01 Å². The summed E-state index contributed by atoms with van der Waals surface area (Å²) in [4.78, 5) is 4.03. The smallest absolute Gasteiger partial charge is 0.315 e. The number of nitrogens with zero attached hydrogens (tertiary/aromatic N) is 3. The van der Waals surface area contributed by atoms with Crippen molar-refractivity contribution in [3.8, 4) is 0 Å². The minimum Gasteiger partial charge on any atom is -0.444 e. The molecule has 2 heterocycles. The average Bonchev–Trinajstić information content (AvgIpc) is 2.85. The molecule has 0 saturated heterocycles. The fraction of sp³-hybridized carbons (Fsp3) is 0.444. The Morgan fingerprint density at radius 1 is 1.31 bits per heavy atom. The predicted octanol–water partition coefficient (Wildman–Crippen LogP) is 0.479. The van der Waals surface area contributed by atoms with Crippen molar-refractivity contribution >= 4 is 6.01 Å². The fourth-order valence-corrected chi connectivity index (χ4v) is 1.18. The zero-order valence-corrected chi connectivity index (χ0v) is 8.93. The van der Waals surface area contributed by atoms with Gasteiger partial charge in [0.2, 0.25) is 11.8 Å². The van der Waals surface area contributed by atoms with E-state index < -0.39 is 0 Å². The van der Waals surface area contributed by atoms with Crippen molar-refractivity contribution in [2.24, 2.45) is 5.73 Å². The molecule has 0 unspecified atom stereocenters. The first-order chi connectivity index (χ1) is 7.78. The zero-order chi connectivity index (χ0) is 11.4. The molecule has 16 heavy (non-hydrogen) atoms. The van der Waals surface area contributed by atoms with Gasteiger partial charge < -0.3 is 19.9 Å². The molecule has 0 fully saturated rings. The highest BCUT2D eigenvalue weighted by Crippen LogP contribution is 2.08. The van der Waals surface area contributed by atoms with Crippen LogP contribution < -0.4 is 11.1 Å². The van der Waals surface area contributed by atoms with E-state index in [-0.39, 0.29) is 0 Å². The maximum atomic E-state index is 5.36. The van der Waals surface area contributed by atoms with Crippen LogP contribution in [0.15, 0.2) is 15.0 Å². The molecule has 2 aromatic heterocycles. The average molecular weight is 223 g/mol. The van der Waals surface area contributed by atoms with Gasteiger partial charge in [0.1, 0.15) is 5.76 Å². The van der Waals surface area contributed by atoms with Crippen LogP contribution in [0.5, 0.6) is 0 Å². The van der Waals surface area contributed by atoms with E-state index >= 15 is 0 Å². The molecule has 0 aliphatic heterocycles. The van der Waals surface area contributed by atoms with E-state index in [1.165, 1.54) is 0 Å². The van der Waals surface area contributed by atoms with Gasteiger partial charge in [-0.05, 0) is 6.92 Å². The van der Waals surface area contributed by atoms with Gasteiger partial charge in [-0.25, -0.2) is 4.98 Å². The van der Waals surface area contributed by atoms with Crippen LogP contribution in [0.25, 0.3) is 0 Å². The summed E-state index contributed by atoms with van der Waals surface area (Å²) in [6, 6.07) is 0.347. The summed E-state index contributed by atoms with van der Waals surface area (Å²) in [5.74, 6) is 1.87. The van der Waals surface area contributed by atoms with Gasteiger partial charge in [0.25, 0.3) is 0 Å². The molecule has 0 bridgehead atoms. The first-order valence-corrected chi connectivity index (χ1v) is 4.95. The lowest BCUT2D eigenvalue weighted by Crippen LogP contribution is -2.02. The summed E-state index contributed by atoms with van der Waals surface area (Å²) in [5.41, 5.74) is 5.36. The highest BCUT2D eigenvalue weighted by molar-refractivity contribution is 5.17. The first-order valence-electron chi connectivity index (χ1n) is 4.95. The van der Waals surface area contributed by atoms with Crippen LogP contribution in [0.3, 0.4) is 0 Å². The highest BCUT2D eigenvalue weighted by Gasteiger charge is 2.06. The number of aromatic nitrogens is 3. The summed E-state index contributed by atoms with van der Waals surface area (Å²) in [5, 5.41) is 10.5. The van der Waals surface area contributed by atoms with E-state index in [1.807, 2.05) is 6.92 Å². The Bertz CT molecular complexity index is 450. The molecular weight excluding hydrogens is 210 g/mol. The summed E-state index contributed by atoms with van der Waals surface area (Å²) in [6.07, 6.45) is 2.23. The van der Waals surface area contributed by atoms with Gasteiger partial charge >= 0.3 is 6.01 Å². The van der Waals surface area contributed by atoms with E-state index in [0.29, 0.717) is 37.3 Å². The normalized spacial score (nSPS) is 10.6. The van der Waals surface area contributed by atoms with E-state index in [0.717, 1.165) is 5.76 Å². The summed E-state index contributed by atoms with van der Waals surface area (Å²) >= 11 is 0. The number of rotatable bonds is 5. The van der Waals surface area contributed by atoms with Crippen molar-refractivity contribution in [3.63, 3.8) is 0 Å². The molecule has 3 N–H and O–H groups in total. The maximum Gasteiger partial charge on any atom is 0.315 e. The van der Waals surface area contributed by atoms with Crippen LogP contribution in [-0.4, -0.2) is 21.7 Å². The standard InChI is InChI=1S/C9H13N5O2/c1-6-4-11-8(15-6)5-12-9-14-13-7(16-9)2-3-10/h4H,2-3,5,10H2,1H3,(H,12,14). The number of nitrogens with one attached hydrogen (secondary N) is 1. The Morgan fingerprint density at radius 2 is 2.19 bits per heavy atom. The number of nitrogens with two attached hydrogens (primary N) is 1. The van der Waals surface area contributed by atoms with E-state index in [1.54, 1.807) is 6.20 Å². The van der Waals surface area contributed by atoms with Gasteiger partial charge in [0.05, 0.1) is 12.7 Å². The lowest BCUT2D eigenvalue weighted by atomic mass is 10.4. The molecule has 0 saturated carbocycles. The molecule has 7 heteroatoms. The maximum absolute atomic E-state index is 5.36. The Morgan fingerprint density at radius 3 is 2.88 bits per heavy atom. The lowest BCUT2D eigenvalue weighted by molar-refractivity contribution is 0.469. The number of hydrogen-bond donors (Lipinski definition) is 2. The SMILES string of the molecule is Cc1cnc(CNc2nnc(CCN)o2)o1. The highest BCUT2D eigenvalue weighted by atomic mass is 16.4. The topological polar surface area (TPSA) is 103 Å². The van der Waals surface area contributed by atoms with Crippen molar-refractivity contribution in [2.75, 3.05) is 11.9 Å². The second-order valence-corrected chi connectivity index (χ2v) is 3.26. The number of aryl methyl sites for hydroxylation is 1. The van der Waals surface area contributed by atoms with Crippen molar-refractivity contribution in [1.29, 1.82) is 0 Å². The second-order valence-electron chi connectivity index (χ2n) is 3.26. The van der Waals surface area contributed by atoms with Crippen LogP contribution >= 0.6 is 0 Å². The summed E-state index contributed by atoms with van der Waals surface area (Å²) in [6.45, 7) is 2.74. The molecule has 86 valence electrons. The molecular formula is C9H13N5O2. The van der Waals surface area contributed by atoms with Crippen molar-refractivity contribution in [1.82, 2.24) is 15.2 Å². The van der Waals surface area contributed by atoms with Gasteiger partial charge in [0, 0.05) is 13.0 Å². The minimum atomic E-state index is 0.347. The van der Waals surface area contributed by atoms with Gasteiger partial charge in [-0.1, -0.05) is 5.10 Å². The Hall–Kier alpha value is -1.89. The van der Waals surface area contributed by atoms with Gasteiger partial charge in [0.15, 0.2) is 0 Å². The molecule has 0 aliphatic carbocycles. The van der Waals surface area contributed by atoms with Crippen molar-refractivity contribution in [2.45, 2.75) is 19.9 Å². The molecule has 2 rings (SSSR count). The Kier molecular flexibility index (Phi) is 3.16. The first kappa shape index (κ1) is 10.6. The quantitative estimate of drug-likeness (QED) is 0.759. The van der Waals surface area contributed by atoms with Gasteiger partial charge in [-0.15, -0.1) is 5.10 Å². The third kappa shape index (κ3) is 2.57. The van der Waals surface area contributed by atoms with E-state index in [4.69, 9.17) is 14.6 Å². The number of hydrogen-bond acceptors (Lipinski definition) is 7. The largest absolute Gasteiger partial charge is 0.444 e. The lowest BCUT2D eigenvalue weighted by Gasteiger charge is -1.95. The molecule has 0 spiro atoms. The van der Waals surface area contributed by atoms with Crippen LogP contribution in [0.2, 0.25) is 0 Å². The van der Waals surface area contributed by atoms with E-state index in [2.05, 4.69) is 20.5 Å². The second kappa shape index (κ2) is 4.75. The number of oxazole rings is 1. The van der Waals surface area contributed by atoms with Crippen LogP contribution in [0.1, 0.15) is 17.5 Å². The third-order valence-corrected chi connectivity index (χ3v) is 1.89. The molecule has 2 aromatic rings. The molecule has 0 radical (unpaired) electrons. The van der Waals surface area contributed by atoms with E-state index in [9.17, 15) is 0 Å². The van der Waals surface area contributed by atoms with Crippen LogP contribution in [-0.2, 0) is 13.0 Å².